The smallest absolute Gasteiger partial charge is 0.255 e. The lowest BCUT2D eigenvalue weighted by atomic mass is 9.91. The zero-order chi connectivity index (χ0) is 14.7. The van der Waals surface area contributed by atoms with Crippen LogP contribution in [0.3, 0.4) is 0 Å². The Morgan fingerprint density at radius 3 is 2.76 bits per heavy atom. The van der Waals surface area contributed by atoms with E-state index in [2.05, 4.69) is 20.8 Å². The number of carbonyl (C=O) groups is 1. The molecule has 6 nitrogen and oxygen atoms in total. The fraction of sp³-hybridized carbons (Fsp3) is 0.467. The SMILES string of the molecule is CNC1CCC(NC(=O)c2cn[nH]c2-c2ccoc2)CC1. The summed E-state index contributed by atoms with van der Waals surface area (Å²) >= 11 is 0. The summed E-state index contributed by atoms with van der Waals surface area (Å²) < 4.78 is 5.06. The van der Waals surface area contributed by atoms with Crippen LogP contribution in [-0.4, -0.2) is 35.2 Å². The zero-order valence-corrected chi connectivity index (χ0v) is 12.1. The molecule has 0 radical (unpaired) electrons. The number of aromatic amines is 1. The fourth-order valence-electron chi connectivity index (χ4n) is 2.87. The van der Waals surface area contributed by atoms with E-state index in [1.807, 2.05) is 13.1 Å². The molecular weight excluding hydrogens is 268 g/mol. The Labute approximate surface area is 123 Å². The number of rotatable bonds is 4. The first kappa shape index (κ1) is 13.9. The fourth-order valence-corrected chi connectivity index (χ4v) is 2.87. The van der Waals surface area contributed by atoms with Gasteiger partial charge in [-0.05, 0) is 38.8 Å². The Hall–Kier alpha value is -2.08. The number of nitrogens with zero attached hydrogens (tertiary/aromatic N) is 1. The molecule has 6 heteroatoms. The highest BCUT2D eigenvalue weighted by atomic mass is 16.3. The second-order valence-electron chi connectivity index (χ2n) is 5.48. The minimum atomic E-state index is -0.0761. The van der Waals surface area contributed by atoms with Gasteiger partial charge in [-0.2, -0.15) is 5.10 Å². The number of H-pyrrole nitrogens is 1. The standard InChI is InChI=1S/C15H20N4O2/c1-16-11-2-4-12(5-3-11)18-15(20)13-8-17-19-14(13)10-6-7-21-9-10/h6-9,11-12,16H,2-5H2,1H3,(H,17,19)(H,18,20). The molecule has 0 spiro atoms. The lowest BCUT2D eigenvalue weighted by molar-refractivity contribution is 0.0925. The molecule has 0 saturated heterocycles. The second kappa shape index (κ2) is 6.13. The highest BCUT2D eigenvalue weighted by Crippen LogP contribution is 2.23. The van der Waals surface area contributed by atoms with E-state index in [0.717, 1.165) is 31.2 Å². The summed E-state index contributed by atoms with van der Waals surface area (Å²) in [5.41, 5.74) is 2.09. The highest BCUT2D eigenvalue weighted by Gasteiger charge is 2.23. The maximum atomic E-state index is 12.4. The first-order chi connectivity index (χ1) is 10.3. The van der Waals surface area contributed by atoms with Crippen LogP contribution in [0.25, 0.3) is 11.3 Å². The van der Waals surface area contributed by atoms with Crippen LogP contribution in [0.2, 0.25) is 0 Å². The summed E-state index contributed by atoms with van der Waals surface area (Å²) in [6, 6.07) is 2.63. The molecule has 2 aromatic rings. The molecule has 112 valence electrons. The highest BCUT2D eigenvalue weighted by molar-refractivity contribution is 5.99. The summed E-state index contributed by atoms with van der Waals surface area (Å²) in [5.74, 6) is -0.0761. The van der Waals surface area contributed by atoms with Gasteiger partial charge < -0.3 is 15.1 Å². The van der Waals surface area contributed by atoms with Gasteiger partial charge in [-0.15, -0.1) is 0 Å². The molecule has 0 unspecified atom stereocenters. The first-order valence-electron chi connectivity index (χ1n) is 7.32. The van der Waals surface area contributed by atoms with Crippen molar-refractivity contribution in [2.75, 3.05) is 7.05 Å². The number of nitrogens with one attached hydrogen (secondary N) is 3. The Morgan fingerprint density at radius 2 is 2.10 bits per heavy atom. The molecule has 2 aromatic heterocycles. The number of hydrogen-bond acceptors (Lipinski definition) is 4. The Kier molecular flexibility index (Phi) is 4.06. The van der Waals surface area contributed by atoms with Gasteiger partial charge in [0.15, 0.2) is 0 Å². The van der Waals surface area contributed by atoms with Gasteiger partial charge >= 0.3 is 0 Å². The van der Waals surface area contributed by atoms with Crippen molar-refractivity contribution >= 4 is 5.91 Å². The average molecular weight is 288 g/mol. The van der Waals surface area contributed by atoms with Crippen molar-refractivity contribution in [1.29, 1.82) is 0 Å². The summed E-state index contributed by atoms with van der Waals surface area (Å²) in [6.07, 6.45) is 8.96. The van der Waals surface area contributed by atoms with Gasteiger partial charge in [-0.3, -0.25) is 9.89 Å². The molecule has 0 aromatic carbocycles. The lowest BCUT2D eigenvalue weighted by Crippen LogP contribution is -2.41. The molecule has 21 heavy (non-hydrogen) atoms. The molecule has 3 rings (SSSR count). The third-order valence-corrected chi connectivity index (χ3v) is 4.16. The first-order valence-corrected chi connectivity index (χ1v) is 7.32. The van der Waals surface area contributed by atoms with Gasteiger partial charge in [0, 0.05) is 17.6 Å². The quantitative estimate of drug-likeness (QED) is 0.802. The van der Waals surface area contributed by atoms with E-state index in [0.29, 0.717) is 17.3 Å². The van der Waals surface area contributed by atoms with Crippen LogP contribution < -0.4 is 10.6 Å². The number of amides is 1. The van der Waals surface area contributed by atoms with Gasteiger partial charge in [0.05, 0.1) is 30.0 Å². The molecule has 0 aliphatic heterocycles. The number of hydrogen-bond donors (Lipinski definition) is 3. The molecule has 1 fully saturated rings. The Balaban J connectivity index is 1.66. The Morgan fingerprint density at radius 1 is 1.33 bits per heavy atom. The van der Waals surface area contributed by atoms with E-state index >= 15 is 0 Å². The van der Waals surface area contributed by atoms with Crippen LogP contribution in [0.4, 0.5) is 0 Å². The van der Waals surface area contributed by atoms with Gasteiger partial charge in [0.1, 0.15) is 0 Å². The van der Waals surface area contributed by atoms with Gasteiger partial charge in [-0.1, -0.05) is 0 Å². The largest absolute Gasteiger partial charge is 0.472 e. The molecule has 0 atom stereocenters. The molecule has 1 saturated carbocycles. The maximum absolute atomic E-state index is 12.4. The van der Waals surface area contributed by atoms with Crippen LogP contribution in [0, 0.1) is 0 Å². The van der Waals surface area contributed by atoms with Gasteiger partial charge in [-0.25, -0.2) is 0 Å². The third-order valence-electron chi connectivity index (χ3n) is 4.16. The monoisotopic (exact) mass is 288 g/mol. The average Bonchev–Trinajstić information content (AvgIpc) is 3.18. The van der Waals surface area contributed by atoms with E-state index in [-0.39, 0.29) is 11.9 Å². The van der Waals surface area contributed by atoms with Gasteiger partial charge in [0.2, 0.25) is 0 Å². The van der Waals surface area contributed by atoms with Crippen molar-refractivity contribution in [2.24, 2.45) is 0 Å². The van der Waals surface area contributed by atoms with Crippen LogP contribution >= 0.6 is 0 Å². The second-order valence-corrected chi connectivity index (χ2v) is 5.48. The molecule has 2 heterocycles. The molecule has 1 aliphatic carbocycles. The van der Waals surface area contributed by atoms with Crippen molar-refractivity contribution in [3.05, 3.63) is 30.4 Å². The summed E-state index contributed by atoms with van der Waals surface area (Å²) in [4.78, 5) is 12.4. The van der Waals surface area contributed by atoms with Crippen LogP contribution in [0.15, 0.2) is 29.2 Å². The zero-order valence-electron chi connectivity index (χ0n) is 12.1. The lowest BCUT2D eigenvalue weighted by Gasteiger charge is -2.28. The number of furan rings is 1. The summed E-state index contributed by atoms with van der Waals surface area (Å²) in [6.45, 7) is 0. The number of aromatic nitrogens is 2. The van der Waals surface area contributed by atoms with E-state index in [9.17, 15) is 4.79 Å². The molecule has 1 amide bonds. The summed E-state index contributed by atoms with van der Waals surface area (Å²) in [5, 5.41) is 13.2. The Bertz CT molecular complexity index is 583. The van der Waals surface area contributed by atoms with Crippen molar-refractivity contribution in [3.63, 3.8) is 0 Å². The van der Waals surface area contributed by atoms with Gasteiger partial charge in [0.25, 0.3) is 5.91 Å². The third kappa shape index (κ3) is 3.00. The molecule has 1 aliphatic rings. The molecular formula is C15H20N4O2. The predicted molar refractivity (Wildman–Crippen MR) is 78.9 cm³/mol. The van der Waals surface area contributed by atoms with Crippen molar-refractivity contribution in [1.82, 2.24) is 20.8 Å². The minimum absolute atomic E-state index is 0.0761. The molecule has 3 N–H and O–H groups in total. The van der Waals surface area contributed by atoms with E-state index in [1.54, 1.807) is 18.7 Å². The van der Waals surface area contributed by atoms with E-state index in [1.165, 1.54) is 0 Å². The minimum Gasteiger partial charge on any atom is -0.472 e. The van der Waals surface area contributed by atoms with Crippen molar-refractivity contribution in [3.8, 4) is 11.3 Å². The molecule has 0 bridgehead atoms. The van der Waals surface area contributed by atoms with E-state index in [4.69, 9.17) is 4.42 Å². The summed E-state index contributed by atoms with van der Waals surface area (Å²) in [7, 11) is 1.99. The maximum Gasteiger partial charge on any atom is 0.255 e. The van der Waals surface area contributed by atoms with Crippen LogP contribution in [0.1, 0.15) is 36.0 Å². The number of carbonyl (C=O) groups excluding carboxylic acids is 1. The predicted octanol–water partition coefficient (Wildman–Crippen LogP) is 1.93. The normalized spacial score (nSPS) is 22.1. The van der Waals surface area contributed by atoms with E-state index < -0.39 is 0 Å². The topological polar surface area (TPSA) is 83.0 Å². The van der Waals surface area contributed by atoms with Crippen molar-refractivity contribution in [2.45, 2.75) is 37.8 Å². The van der Waals surface area contributed by atoms with Crippen molar-refractivity contribution < 1.29 is 9.21 Å². The van der Waals surface area contributed by atoms with Crippen LogP contribution in [0.5, 0.6) is 0 Å². The van der Waals surface area contributed by atoms with Crippen LogP contribution in [-0.2, 0) is 0 Å².